The van der Waals surface area contributed by atoms with E-state index in [2.05, 4.69) is 36.2 Å². The summed E-state index contributed by atoms with van der Waals surface area (Å²) in [5.41, 5.74) is 1.40. The maximum atomic E-state index is 9.58. The number of rotatable bonds is 5. The number of methoxy groups -OCH3 is 1. The van der Waals surface area contributed by atoms with E-state index in [4.69, 9.17) is 4.74 Å². The van der Waals surface area contributed by atoms with Gasteiger partial charge >= 0.3 is 0 Å². The van der Waals surface area contributed by atoms with Gasteiger partial charge in [0, 0.05) is 32.2 Å². The first-order chi connectivity index (χ1) is 8.72. The average Bonchev–Trinajstić information content (AvgIpc) is 2.39. The molecular weight excluding hydrogens is 300 g/mol. The molecule has 0 radical (unpaired) electrons. The molecule has 0 aliphatic heterocycles. The number of anilines is 1. The summed E-state index contributed by atoms with van der Waals surface area (Å²) in [6.07, 6.45) is 4.29. The van der Waals surface area contributed by atoms with Gasteiger partial charge in [-0.25, -0.2) is 9.97 Å². The molecule has 1 unspecified atom stereocenters. The Kier molecular flexibility index (Phi) is 4.40. The second-order valence-electron chi connectivity index (χ2n) is 3.70. The molecule has 2 N–H and O–H groups in total. The van der Waals surface area contributed by atoms with E-state index < -0.39 is 6.10 Å². The standard InChI is InChI=1S/C11H13BrN4O2/c1-18-6-7(17)4-15-11-10-9(8(12)5-16-11)13-2-3-14-10/h2-3,5,7,17H,4,6H2,1H3,(H,15,16). The Labute approximate surface area is 113 Å². The highest BCUT2D eigenvalue weighted by Crippen LogP contribution is 2.23. The molecular formula is C11H13BrN4O2. The molecule has 0 bridgehead atoms. The van der Waals surface area contributed by atoms with Crippen LogP contribution in [0.15, 0.2) is 23.1 Å². The third-order valence-corrected chi connectivity index (χ3v) is 2.90. The van der Waals surface area contributed by atoms with Crippen molar-refractivity contribution in [1.82, 2.24) is 15.0 Å². The quantitative estimate of drug-likeness (QED) is 0.863. The highest BCUT2D eigenvalue weighted by molar-refractivity contribution is 9.10. The maximum absolute atomic E-state index is 9.58. The van der Waals surface area contributed by atoms with Gasteiger partial charge in [-0.1, -0.05) is 0 Å². The molecule has 2 aromatic rings. The number of nitrogens with zero attached hydrogens (tertiary/aromatic N) is 3. The van der Waals surface area contributed by atoms with Crippen LogP contribution in [0.25, 0.3) is 11.0 Å². The highest BCUT2D eigenvalue weighted by Gasteiger charge is 2.09. The van der Waals surface area contributed by atoms with Gasteiger partial charge in [0.15, 0.2) is 5.82 Å². The number of hydrogen-bond donors (Lipinski definition) is 2. The number of aliphatic hydroxyl groups is 1. The second kappa shape index (κ2) is 6.03. The van der Waals surface area contributed by atoms with Crippen molar-refractivity contribution < 1.29 is 9.84 Å². The Morgan fingerprint density at radius 3 is 2.78 bits per heavy atom. The Hall–Kier alpha value is -1.31. The predicted octanol–water partition coefficient (Wildman–Crippen LogP) is 1.21. The molecule has 0 amide bonds. The van der Waals surface area contributed by atoms with Crippen molar-refractivity contribution in [3.05, 3.63) is 23.1 Å². The number of pyridine rings is 1. The van der Waals surface area contributed by atoms with Crippen LogP contribution in [0.4, 0.5) is 5.82 Å². The molecule has 0 saturated carbocycles. The monoisotopic (exact) mass is 312 g/mol. The van der Waals surface area contributed by atoms with E-state index in [1.807, 2.05) is 0 Å². The van der Waals surface area contributed by atoms with Crippen LogP contribution in [0.2, 0.25) is 0 Å². The minimum Gasteiger partial charge on any atom is -0.389 e. The summed E-state index contributed by atoms with van der Waals surface area (Å²) in [5, 5.41) is 12.6. The first-order valence-corrected chi connectivity index (χ1v) is 6.17. The molecule has 0 aliphatic carbocycles. The van der Waals surface area contributed by atoms with Gasteiger partial charge in [0.2, 0.25) is 0 Å². The zero-order valence-corrected chi connectivity index (χ0v) is 11.4. The number of hydrogen-bond acceptors (Lipinski definition) is 6. The number of nitrogens with one attached hydrogen (secondary N) is 1. The van der Waals surface area contributed by atoms with Crippen LogP contribution < -0.4 is 5.32 Å². The lowest BCUT2D eigenvalue weighted by Crippen LogP contribution is -2.24. The van der Waals surface area contributed by atoms with E-state index in [0.717, 1.165) is 9.99 Å². The van der Waals surface area contributed by atoms with Crippen molar-refractivity contribution in [3.63, 3.8) is 0 Å². The van der Waals surface area contributed by atoms with Crippen LogP contribution in [-0.2, 0) is 4.74 Å². The molecule has 7 heteroatoms. The first kappa shape index (κ1) is 13.1. The van der Waals surface area contributed by atoms with Gasteiger partial charge in [0.1, 0.15) is 11.0 Å². The fourth-order valence-electron chi connectivity index (χ4n) is 1.52. The molecule has 0 saturated heterocycles. The Morgan fingerprint density at radius 2 is 2.06 bits per heavy atom. The minimum absolute atomic E-state index is 0.271. The number of halogens is 1. The van der Waals surface area contributed by atoms with Gasteiger partial charge in [-0.15, -0.1) is 0 Å². The van der Waals surface area contributed by atoms with E-state index >= 15 is 0 Å². The molecule has 0 aliphatic rings. The van der Waals surface area contributed by atoms with Crippen LogP contribution in [0.1, 0.15) is 0 Å². The normalized spacial score (nSPS) is 12.6. The lowest BCUT2D eigenvalue weighted by atomic mass is 10.3. The van der Waals surface area contributed by atoms with E-state index in [1.165, 1.54) is 0 Å². The van der Waals surface area contributed by atoms with Crippen LogP contribution in [0.5, 0.6) is 0 Å². The molecule has 0 spiro atoms. The van der Waals surface area contributed by atoms with Gasteiger partial charge in [-0.3, -0.25) is 4.98 Å². The fraction of sp³-hybridized carbons (Fsp3) is 0.364. The summed E-state index contributed by atoms with van der Waals surface area (Å²) < 4.78 is 5.64. The summed E-state index contributed by atoms with van der Waals surface area (Å²) in [6, 6.07) is 0. The molecule has 0 aromatic carbocycles. The average molecular weight is 313 g/mol. The van der Waals surface area contributed by atoms with Crippen molar-refractivity contribution in [2.45, 2.75) is 6.10 Å². The van der Waals surface area contributed by atoms with Crippen LogP contribution in [0.3, 0.4) is 0 Å². The van der Waals surface area contributed by atoms with Crippen molar-refractivity contribution in [3.8, 4) is 0 Å². The van der Waals surface area contributed by atoms with E-state index in [9.17, 15) is 5.11 Å². The van der Waals surface area contributed by atoms with E-state index in [1.54, 1.807) is 25.7 Å². The van der Waals surface area contributed by atoms with Gasteiger partial charge in [-0.2, -0.15) is 0 Å². The van der Waals surface area contributed by atoms with Crippen molar-refractivity contribution >= 4 is 32.8 Å². The second-order valence-corrected chi connectivity index (χ2v) is 4.55. The summed E-state index contributed by atoms with van der Waals surface area (Å²) in [7, 11) is 1.54. The van der Waals surface area contributed by atoms with Crippen molar-refractivity contribution in [2.75, 3.05) is 25.6 Å². The molecule has 96 valence electrons. The van der Waals surface area contributed by atoms with Crippen LogP contribution in [0, 0.1) is 0 Å². The molecule has 6 nitrogen and oxygen atoms in total. The lowest BCUT2D eigenvalue weighted by Gasteiger charge is -2.12. The summed E-state index contributed by atoms with van der Waals surface area (Å²) in [6.45, 7) is 0.612. The summed E-state index contributed by atoms with van der Waals surface area (Å²) >= 11 is 3.37. The maximum Gasteiger partial charge on any atom is 0.154 e. The molecule has 1 atom stereocenters. The van der Waals surface area contributed by atoms with Crippen molar-refractivity contribution in [2.24, 2.45) is 0 Å². The Bertz CT molecular complexity index is 537. The summed E-state index contributed by atoms with van der Waals surface area (Å²) in [5.74, 6) is 0.594. The third-order valence-electron chi connectivity index (χ3n) is 2.32. The van der Waals surface area contributed by atoms with Crippen molar-refractivity contribution in [1.29, 1.82) is 0 Å². The van der Waals surface area contributed by atoms with Gasteiger partial charge in [-0.05, 0) is 15.9 Å². The first-order valence-electron chi connectivity index (χ1n) is 5.38. The van der Waals surface area contributed by atoms with Gasteiger partial charge in [0.25, 0.3) is 0 Å². The predicted molar refractivity (Wildman–Crippen MR) is 71.4 cm³/mol. The lowest BCUT2D eigenvalue weighted by molar-refractivity contribution is 0.0727. The fourth-order valence-corrected chi connectivity index (χ4v) is 1.92. The van der Waals surface area contributed by atoms with Crippen LogP contribution >= 0.6 is 15.9 Å². The Morgan fingerprint density at radius 1 is 1.33 bits per heavy atom. The molecule has 2 rings (SSSR count). The molecule has 0 fully saturated rings. The van der Waals surface area contributed by atoms with Gasteiger partial charge in [0.05, 0.1) is 17.2 Å². The minimum atomic E-state index is -0.591. The van der Waals surface area contributed by atoms with E-state index in [0.29, 0.717) is 17.9 Å². The smallest absolute Gasteiger partial charge is 0.154 e. The van der Waals surface area contributed by atoms with E-state index in [-0.39, 0.29) is 6.61 Å². The van der Waals surface area contributed by atoms with Gasteiger partial charge < -0.3 is 15.2 Å². The van der Waals surface area contributed by atoms with Crippen LogP contribution in [-0.4, -0.2) is 46.4 Å². The molecule has 18 heavy (non-hydrogen) atoms. The topological polar surface area (TPSA) is 80.2 Å². The number of aliphatic hydroxyl groups excluding tert-OH is 1. The number of fused-ring (bicyclic) bond motifs is 1. The highest BCUT2D eigenvalue weighted by atomic mass is 79.9. The number of aromatic nitrogens is 3. The molecule has 2 aromatic heterocycles. The number of ether oxygens (including phenoxy) is 1. The third kappa shape index (κ3) is 2.92. The Balaban J connectivity index is 2.21. The largest absolute Gasteiger partial charge is 0.389 e. The zero-order valence-electron chi connectivity index (χ0n) is 9.80. The SMILES string of the molecule is COCC(O)CNc1ncc(Br)c2nccnc12. The zero-order chi connectivity index (χ0) is 13.0. The molecule has 2 heterocycles. The summed E-state index contributed by atoms with van der Waals surface area (Å²) in [4.78, 5) is 12.7.